The Balaban J connectivity index is 0.00000324. The maximum absolute atomic E-state index is 6.41. The Morgan fingerprint density at radius 3 is 2.38 bits per heavy atom. The van der Waals surface area contributed by atoms with Gasteiger partial charge in [0.2, 0.25) is 0 Å². The molecule has 0 spiro atoms. The summed E-state index contributed by atoms with van der Waals surface area (Å²) >= 11 is 8.48. The van der Waals surface area contributed by atoms with Crippen molar-refractivity contribution >= 4 is 23.4 Å². The molecule has 2 aliphatic carbocycles. The van der Waals surface area contributed by atoms with Crippen LogP contribution in [0.5, 0.6) is 0 Å². The molecule has 2 heterocycles. The summed E-state index contributed by atoms with van der Waals surface area (Å²) in [5.74, 6) is 4.48. The van der Waals surface area contributed by atoms with Crippen LogP contribution in [0.2, 0.25) is 0 Å². The predicted molar refractivity (Wildman–Crippen MR) is 165 cm³/mol. The molecule has 3 fully saturated rings. The molecule has 0 radical (unpaired) electrons. The molecule has 5 atom stereocenters. The summed E-state index contributed by atoms with van der Waals surface area (Å²) in [4.78, 5) is 2.77. The van der Waals surface area contributed by atoms with E-state index < -0.39 is 0 Å². The summed E-state index contributed by atoms with van der Waals surface area (Å²) < 4.78 is 0. The Labute approximate surface area is 238 Å². The highest BCUT2D eigenvalue weighted by atomic mass is 35.5. The number of hydrogen-bond donors (Lipinski definition) is 3. The van der Waals surface area contributed by atoms with Crippen molar-refractivity contribution in [2.24, 2.45) is 29.1 Å². The number of nitrogens with one attached hydrogen (secondary N) is 2. The van der Waals surface area contributed by atoms with Crippen molar-refractivity contribution in [2.75, 3.05) is 25.4 Å². The fraction of sp³-hybridized carbons (Fsp3) is 0.931. The number of likely N-dealkylation sites (tertiary alicyclic amines) is 1. The lowest BCUT2D eigenvalue weighted by molar-refractivity contribution is 0.00458. The Kier molecular flexibility index (Phi) is 16.5. The van der Waals surface area contributed by atoms with Gasteiger partial charge in [0.1, 0.15) is 5.50 Å². The number of rotatable bonds is 7. The van der Waals surface area contributed by atoms with E-state index >= 15 is 0 Å². The monoisotopic (exact) mass is 564 g/mol. The van der Waals surface area contributed by atoms with Gasteiger partial charge in [-0.1, -0.05) is 53.7 Å². The molecule has 2 aliphatic heterocycles. The van der Waals surface area contributed by atoms with Crippen molar-refractivity contribution in [3.8, 4) is 0 Å². The predicted octanol–water partition coefficient (Wildman–Crippen LogP) is 5.63. The fourth-order valence-electron chi connectivity index (χ4n) is 7.01. The molecule has 4 aliphatic rings. The largest absolute Gasteiger partial charge is 0.412 e. The molecule has 6 nitrogen and oxygen atoms in total. The Morgan fingerprint density at radius 1 is 1.14 bits per heavy atom. The van der Waals surface area contributed by atoms with Crippen LogP contribution in [0.25, 0.3) is 0 Å². The van der Waals surface area contributed by atoms with Crippen LogP contribution in [0.1, 0.15) is 93.4 Å². The van der Waals surface area contributed by atoms with E-state index in [9.17, 15) is 0 Å². The van der Waals surface area contributed by atoms with E-state index in [4.69, 9.17) is 11.6 Å². The SMILES string of the molecule is C.CC1CC=C(C2CSC(N[C@@H](CN3CC[C@H](C4CCC(Cl)CC4)C(C)(C)C3)C(C)C)N2)CC1.N.O.O. The molecule has 8 heteroatoms. The summed E-state index contributed by atoms with van der Waals surface area (Å²) in [5.41, 5.74) is 2.46. The molecule has 0 amide bonds. The molecular formula is C29H61ClN4O2S. The fourth-order valence-corrected chi connectivity index (χ4v) is 8.49. The highest BCUT2D eigenvalue weighted by molar-refractivity contribution is 8.00. The van der Waals surface area contributed by atoms with Gasteiger partial charge in [0, 0.05) is 36.3 Å². The lowest BCUT2D eigenvalue weighted by Crippen LogP contribution is -2.55. The van der Waals surface area contributed by atoms with Crippen molar-refractivity contribution in [1.82, 2.24) is 21.7 Å². The van der Waals surface area contributed by atoms with Crippen LogP contribution in [0, 0.1) is 29.1 Å². The molecule has 1 saturated carbocycles. The molecule has 0 aromatic heterocycles. The van der Waals surface area contributed by atoms with Gasteiger partial charge in [-0.05, 0) is 87.0 Å². The molecule has 0 bridgehead atoms. The normalized spacial score (nSPS) is 34.7. The summed E-state index contributed by atoms with van der Waals surface area (Å²) in [6.07, 6.45) is 13.0. The number of allylic oxidation sites excluding steroid dienone is 1. The van der Waals surface area contributed by atoms with Crippen LogP contribution in [-0.4, -0.2) is 64.2 Å². The molecule has 0 aromatic carbocycles. The lowest BCUT2D eigenvalue weighted by Gasteiger charge is -2.49. The summed E-state index contributed by atoms with van der Waals surface area (Å²) in [6.45, 7) is 15.9. The molecule has 9 N–H and O–H groups in total. The molecule has 0 aromatic rings. The van der Waals surface area contributed by atoms with Crippen LogP contribution >= 0.6 is 23.4 Å². The van der Waals surface area contributed by atoms with E-state index in [2.05, 4.69) is 68.0 Å². The maximum atomic E-state index is 6.41. The Hall–Kier alpha value is 0.140. The van der Waals surface area contributed by atoms with Gasteiger partial charge < -0.3 is 22.0 Å². The second-order valence-corrected chi connectivity index (χ2v) is 14.5. The number of thioether (sulfide) groups is 1. The van der Waals surface area contributed by atoms with Crippen molar-refractivity contribution in [2.45, 2.75) is 116 Å². The first-order valence-electron chi connectivity index (χ1n) is 13.9. The van der Waals surface area contributed by atoms with Crippen LogP contribution < -0.4 is 16.8 Å². The minimum atomic E-state index is 0. The zero-order valence-corrected chi connectivity index (χ0v) is 25.2. The number of alkyl halides is 1. The third-order valence-corrected chi connectivity index (χ3v) is 10.8. The Morgan fingerprint density at radius 2 is 1.81 bits per heavy atom. The zero-order valence-electron chi connectivity index (χ0n) is 23.6. The quantitative estimate of drug-likeness (QED) is 0.273. The van der Waals surface area contributed by atoms with E-state index in [1.807, 2.05) is 0 Å². The third-order valence-electron chi connectivity index (χ3n) is 9.22. The number of hydrogen-bond acceptors (Lipinski definition) is 5. The number of nitrogens with zero attached hydrogens (tertiary/aromatic N) is 1. The standard InChI is InChI=1S/C28H50ClN3S.CH4.H3N.2H2O/c1-19(2)25(30-27-31-26(17-33-27)22-8-6-20(3)7-9-22)16-32-15-14-24(28(4,5)18-32)21-10-12-23(29)13-11-21;;;;/h8,19-21,23-27,30-31H,6-7,9-18H2,1-5H3;1H4;1H3;2*1H2/t20?,21?,23?,24-,25+,26?,27?;;;;/m1..../s1. The molecular weight excluding hydrogens is 504 g/mol. The maximum Gasteiger partial charge on any atom is 0.106 e. The first-order chi connectivity index (χ1) is 15.7. The second kappa shape index (κ2) is 16.4. The minimum absolute atomic E-state index is 0. The van der Waals surface area contributed by atoms with E-state index in [1.165, 1.54) is 76.8 Å². The van der Waals surface area contributed by atoms with Crippen molar-refractivity contribution < 1.29 is 11.0 Å². The average molecular weight is 565 g/mol. The van der Waals surface area contributed by atoms with Crippen molar-refractivity contribution in [3.05, 3.63) is 11.6 Å². The van der Waals surface area contributed by atoms with Gasteiger partial charge in [0.15, 0.2) is 0 Å². The molecule has 3 unspecified atom stereocenters. The zero-order chi connectivity index (χ0) is 23.6. The van der Waals surface area contributed by atoms with Gasteiger partial charge in [-0.25, -0.2) is 0 Å². The second-order valence-electron chi connectivity index (χ2n) is 12.7. The van der Waals surface area contributed by atoms with E-state index in [1.54, 1.807) is 5.57 Å². The summed E-state index contributed by atoms with van der Waals surface area (Å²) in [6, 6.07) is 1.11. The molecule has 2 saturated heterocycles. The van der Waals surface area contributed by atoms with Crippen molar-refractivity contribution in [1.29, 1.82) is 0 Å². The van der Waals surface area contributed by atoms with Gasteiger partial charge in [-0.15, -0.1) is 23.4 Å². The van der Waals surface area contributed by atoms with Crippen molar-refractivity contribution in [3.63, 3.8) is 0 Å². The van der Waals surface area contributed by atoms with Crippen LogP contribution in [0.3, 0.4) is 0 Å². The summed E-state index contributed by atoms with van der Waals surface area (Å²) in [7, 11) is 0. The van der Waals surface area contributed by atoms with E-state index in [0.29, 0.717) is 34.3 Å². The van der Waals surface area contributed by atoms with E-state index in [-0.39, 0.29) is 24.5 Å². The third kappa shape index (κ3) is 9.93. The van der Waals surface area contributed by atoms with Gasteiger partial charge in [0.05, 0.1) is 0 Å². The van der Waals surface area contributed by atoms with Gasteiger partial charge in [0.25, 0.3) is 0 Å². The minimum Gasteiger partial charge on any atom is -0.412 e. The summed E-state index contributed by atoms with van der Waals surface area (Å²) in [5, 5.41) is 8.37. The molecule has 4 rings (SSSR count). The van der Waals surface area contributed by atoms with Crippen LogP contribution in [-0.2, 0) is 0 Å². The Bertz CT molecular complexity index is 672. The molecule has 37 heavy (non-hydrogen) atoms. The van der Waals surface area contributed by atoms with Gasteiger partial charge >= 0.3 is 0 Å². The smallest absolute Gasteiger partial charge is 0.106 e. The first-order valence-corrected chi connectivity index (χ1v) is 15.4. The van der Waals surface area contributed by atoms with Crippen LogP contribution in [0.15, 0.2) is 11.6 Å². The topological polar surface area (TPSA) is 125 Å². The first kappa shape index (κ1) is 37.1. The lowest BCUT2D eigenvalue weighted by atomic mass is 9.64. The highest BCUT2D eigenvalue weighted by Crippen LogP contribution is 2.45. The van der Waals surface area contributed by atoms with Gasteiger partial charge in [-0.2, -0.15) is 0 Å². The average Bonchev–Trinajstić information content (AvgIpc) is 3.23. The van der Waals surface area contributed by atoms with Gasteiger partial charge in [-0.3, -0.25) is 10.6 Å². The van der Waals surface area contributed by atoms with E-state index in [0.717, 1.165) is 17.8 Å². The number of piperidine rings is 1. The highest BCUT2D eigenvalue weighted by Gasteiger charge is 2.41. The number of halogens is 1. The molecule has 222 valence electrons. The van der Waals surface area contributed by atoms with Crippen LogP contribution in [0.4, 0.5) is 0 Å².